The van der Waals surface area contributed by atoms with Crippen LogP contribution in [0.3, 0.4) is 0 Å². The summed E-state index contributed by atoms with van der Waals surface area (Å²) in [5, 5.41) is 0.323. The van der Waals surface area contributed by atoms with Gasteiger partial charge in [0.15, 0.2) is 0 Å². The molecule has 0 saturated carbocycles. The van der Waals surface area contributed by atoms with E-state index in [0.29, 0.717) is 5.38 Å². The monoisotopic (exact) mass is 172 g/mol. The van der Waals surface area contributed by atoms with Gasteiger partial charge in [-0.3, -0.25) is 0 Å². The van der Waals surface area contributed by atoms with Crippen molar-refractivity contribution < 1.29 is 0 Å². The van der Waals surface area contributed by atoms with Crippen molar-refractivity contribution >= 4 is 11.6 Å². The molecule has 2 unspecified atom stereocenters. The van der Waals surface area contributed by atoms with Gasteiger partial charge in [-0.2, -0.15) is 0 Å². The SMILES string of the molecule is CCCC(C)C1=CC(Cl)CC1. The Bertz CT molecular complexity index is 149. The predicted molar refractivity (Wildman–Crippen MR) is 51.0 cm³/mol. The first kappa shape index (κ1) is 9.12. The summed E-state index contributed by atoms with van der Waals surface area (Å²) in [6.07, 6.45) is 7.24. The molecule has 0 N–H and O–H groups in total. The van der Waals surface area contributed by atoms with Crippen molar-refractivity contribution in [1.82, 2.24) is 0 Å². The Morgan fingerprint density at radius 2 is 2.45 bits per heavy atom. The van der Waals surface area contributed by atoms with Crippen LogP contribution in [0.1, 0.15) is 39.5 Å². The van der Waals surface area contributed by atoms with Crippen LogP contribution in [0, 0.1) is 5.92 Å². The second-order valence-corrected chi connectivity index (χ2v) is 4.05. The van der Waals surface area contributed by atoms with E-state index < -0.39 is 0 Å². The van der Waals surface area contributed by atoms with E-state index in [1.807, 2.05) is 0 Å². The van der Waals surface area contributed by atoms with Crippen LogP contribution in [0.25, 0.3) is 0 Å². The second kappa shape index (κ2) is 4.15. The number of hydrogen-bond donors (Lipinski definition) is 0. The van der Waals surface area contributed by atoms with Gasteiger partial charge in [0, 0.05) is 0 Å². The molecule has 0 spiro atoms. The maximum Gasteiger partial charge on any atom is 0.0521 e. The zero-order chi connectivity index (χ0) is 8.27. The Labute approximate surface area is 74.6 Å². The largest absolute Gasteiger partial charge is 0.118 e. The van der Waals surface area contributed by atoms with E-state index in [0.717, 1.165) is 12.3 Å². The number of allylic oxidation sites excluding steroid dienone is 2. The highest BCUT2D eigenvalue weighted by Crippen LogP contribution is 2.30. The lowest BCUT2D eigenvalue weighted by molar-refractivity contribution is 0.586. The van der Waals surface area contributed by atoms with Crippen LogP contribution < -0.4 is 0 Å². The normalized spacial score (nSPS) is 26.8. The molecule has 0 aromatic heterocycles. The summed E-state index contributed by atoms with van der Waals surface area (Å²) in [6.45, 7) is 4.55. The van der Waals surface area contributed by atoms with E-state index in [1.54, 1.807) is 5.57 Å². The third-order valence-corrected chi connectivity index (χ3v) is 2.80. The lowest BCUT2D eigenvalue weighted by Gasteiger charge is -2.10. The van der Waals surface area contributed by atoms with Crippen LogP contribution in [0.15, 0.2) is 11.6 Å². The molecule has 1 rings (SSSR count). The molecular formula is C10H17Cl. The summed E-state index contributed by atoms with van der Waals surface area (Å²) in [5.74, 6) is 0.767. The van der Waals surface area contributed by atoms with Crippen LogP contribution in [0.5, 0.6) is 0 Å². The van der Waals surface area contributed by atoms with Gasteiger partial charge in [-0.25, -0.2) is 0 Å². The van der Waals surface area contributed by atoms with Crippen LogP contribution >= 0.6 is 11.6 Å². The van der Waals surface area contributed by atoms with Crippen molar-refractivity contribution in [2.24, 2.45) is 5.92 Å². The Hall–Kier alpha value is 0.0300. The molecule has 0 aromatic carbocycles. The molecule has 0 bridgehead atoms. The average molecular weight is 173 g/mol. The van der Waals surface area contributed by atoms with Gasteiger partial charge in [0.1, 0.15) is 0 Å². The maximum absolute atomic E-state index is 5.97. The Morgan fingerprint density at radius 1 is 1.73 bits per heavy atom. The van der Waals surface area contributed by atoms with E-state index in [2.05, 4.69) is 19.9 Å². The summed E-state index contributed by atoms with van der Waals surface area (Å²) in [5.41, 5.74) is 1.59. The van der Waals surface area contributed by atoms with E-state index in [-0.39, 0.29) is 0 Å². The molecule has 64 valence electrons. The molecule has 1 aliphatic rings. The minimum absolute atomic E-state index is 0.323. The molecule has 0 heterocycles. The summed E-state index contributed by atoms with van der Waals surface area (Å²) in [4.78, 5) is 0. The topological polar surface area (TPSA) is 0 Å². The van der Waals surface area contributed by atoms with Crippen molar-refractivity contribution in [3.05, 3.63) is 11.6 Å². The summed E-state index contributed by atoms with van der Waals surface area (Å²) in [7, 11) is 0. The number of hydrogen-bond acceptors (Lipinski definition) is 0. The quantitative estimate of drug-likeness (QED) is 0.449. The van der Waals surface area contributed by atoms with E-state index in [1.165, 1.54) is 19.3 Å². The van der Waals surface area contributed by atoms with Gasteiger partial charge in [0.2, 0.25) is 0 Å². The highest BCUT2D eigenvalue weighted by molar-refractivity contribution is 6.22. The smallest absolute Gasteiger partial charge is 0.0521 e. The van der Waals surface area contributed by atoms with Gasteiger partial charge in [-0.05, 0) is 25.2 Å². The highest BCUT2D eigenvalue weighted by Gasteiger charge is 2.16. The van der Waals surface area contributed by atoms with Gasteiger partial charge >= 0.3 is 0 Å². The number of rotatable bonds is 3. The minimum Gasteiger partial charge on any atom is -0.118 e. The predicted octanol–water partition coefficient (Wildman–Crippen LogP) is 3.75. The van der Waals surface area contributed by atoms with Crippen molar-refractivity contribution in [3.8, 4) is 0 Å². The molecule has 0 aliphatic heterocycles. The molecule has 0 nitrogen and oxygen atoms in total. The fourth-order valence-corrected chi connectivity index (χ4v) is 2.00. The van der Waals surface area contributed by atoms with Crippen molar-refractivity contribution in [3.63, 3.8) is 0 Å². The molecule has 0 aromatic rings. The first-order valence-electron chi connectivity index (χ1n) is 4.58. The van der Waals surface area contributed by atoms with Crippen LogP contribution in [0.2, 0.25) is 0 Å². The first-order chi connectivity index (χ1) is 5.24. The van der Waals surface area contributed by atoms with Gasteiger partial charge in [0.05, 0.1) is 5.38 Å². The van der Waals surface area contributed by atoms with E-state index >= 15 is 0 Å². The Balaban J connectivity index is 2.41. The lowest BCUT2D eigenvalue weighted by Crippen LogP contribution is -1.95. The third kappa shape index (κ3) is 2.52. The lowest BCUT2D eigenvalue weighted by atomic mass is 9.96. The Kier molecular flexibility index (Phi) is 3.45. The minimum atomic E-state index is 0.323. The molecule has 0 saturated heterocycles. The molecule has 2 atom stereocenters. The summed E-state index contributed by atoms with van der Waals surface area (Å²) >= 11 is 5.97. The van der Waals surface area contributed by atoms with E-state index in [4.69, 9.17) is 11.6 Å². The van der Waals surface area contributed by atoms with Crippen molar-refractivity contribution in [1.29, 1.82) is 0 Å². The average Bonchev–Trinajstić information content (AvgIpc) is 2.36. The molecular weight excluding hydrogens is 156 g/mol. The van der Waals surface area contributed by atoms with Crippen LogP contribution in [-0.4, -0.2) is 5.38 Å². The molecule has 0 radical (unpaired) electrons. The molecule has 0 fully saturated rings. The standard InChI is InChI=1S/C10H17Cl/c1-3-4-8(2)9-5-6-10(11)7-9/h7-8,10H,3-6H2,1-2H3. The van der Waals surface area contributed by atoms with Crippen LogP contribution in [0.4, 0.5) is 0 Å². The fourth-order valence-electron chi connectivity index (χ4n) is 1.73. The van der Waals surface area contributed by atoms with E-state index in [9.17, 15) is 0 Å². The van der Waals surface area contributed by atoms with Crippen molar-refractivity contribution in [2.75, 3.05) is 0 Å². The highest BCUT2D eigenvalue weighted by atomic mass is 35.5. The van der Waals surface area contributed by atoms with Gasteiger partial charge in [0.25, 0.3) is 0 Å². The molecule has 1 aliphatic carbocycles. The summed E-state index contributed by atoms with van der Waals surface area (Å²) in [6, 6.07) is 0. The van der Waals surface area contributed by atoms with Crippen LogP contribution in [-0.2, 0) is 0 Å². The first-order valence-corrected chi connectivity index (χ1v) is 5.02. The number of alkyl halides is 1. The zero-order valence-corrected chi connectivity index (χ0v) is 8.19. The Morgan fingerprint density at radius 3 is 2.91 bits per heavy atom. The van der Waals surface area contributed by atoms with Gasteiger partial charge < -0.3 is 0 Å². The maximum atomic E-state index is 5.97. The van der Waals surface area contributed by atoms with Crippen molar-refractivity contribution in [2.45, 2.75) is 44.9 Å². The second-order valence-electron chi connectivity index (χ2n) is 3.49. The summed E-state index contributed by atoms with van der Waals surface area (Å²) < 4.78 is 0. The molecule has 1 heteroatoms. The zero-order valence-electron chi connectivity index (χ0n) is 7.44. The molecule has 11 heavy (non-hydrogen) atoms. The molecule has 0 amide bonds. The number of halogens is 1. The third-order valence-electron chi connectivity index (χ3n) is 2.46. The van der Waals surface area contributed by atoms with Gasteiger partial charge in [-0.15, -0.1) is 11.6 Å². The fraction of sp³-hybridized carbons (Fsp3) is 0.800. The van der Waals surface area contributed by atoms with Gasteiger partial charge in [-0.1, -0.05) is 31.9 Å².